The van der Waals surface area contributed by atoms with E-state index in [4.69, 9.17) is 11.6 Å². The average Bonchev–Trinajstić information content (AvgIpc) is 2.33. The standard InChI is InChI=1S/C15H21ClN2/c1-11-2-3-12(8-14(11)16)18-13-9-15(10-13)4-6-17-7-5-15/h2-3,8,13,17-18H,4-7,9-10H2,1H3. The summed E-state index contributed by atoms with van der Waals surface area (Å²) in [5.41, 5.74) is 2.95. The molecule has 2 nitrogen and oxygen atoms in total. The number of nitrogens with one attached hydrogen (secondary N) is 2. The van der Waals surface area contributed by atoms with Crippen LogP contribution in [0, 0.1) is 12.3 Å². The van der Waals surface area contributed by atoms with Crippen LogP contribution in [0.15, 0.2) is 18.2 Å². The fourth-order valence-corrected chi connectivity index (χ4v) is 3.55. The van der Waals surface area contributed by atoms with Crippen molar-refractivity contribution in [2.24, 2.45) is 5.41 Å². The molecular formula is C15H21ClN2. The van der Waals surface area contributed by atoms with Gasteiger partial charge in [0.25, 0.3) is 0 Å². The van der Waals surface area contributed by atoms with Gasteiger partial charge in [-0.25, -0.2) is 0 Å². The van der Waals surface area contributed by atoms with Crippen molar-refractivity contribution in [1.29, 1.82) is 0 Å². The number of hydrogen-bond acceptors (Lipinski definition) is 2. The number of aryl methyl sites for hydroxylation is 1. The van der Waals surface area contributed by atoms with Crippen LogP contribution in [0.4, 0.5) is 5.69 Å². The summed E-state index contributed by atoms with van der Waals surface area (Å²) in [4.78, 5) is 0. The fourth-order valence-electron chi connectivity index (χ4n) is 3.37. The molecule has 0 amide bonds. The molecule has 2 fully saturated rings. The molecule has 1 spiro atoms. The van der Waals surface area contributed by atoms with Crippen molar-refractivity contribution < 1.29 is 0 Å². The second-order valence-corrected chi connectivity index (χ2v) is 6.37. The Morgan fingerprint density at radius 1 is 1.28 bits per heavy atom. The van der Waals surface area contributed by atoms with Crippen LogP contribution >= 0.6 is 11.6 Å². The Morgan fingerprint density at radius 2 is 2.00 bits per heavy atom. The molecule has 0 atom stereocenters. The minimum atomic E-state index is 0.636. The second-order valence-electron chi connectivity index (χ2n) is 5.96. The minimum absolute atomic E-state index is 0.636. The zero-order valence-electron chi connectivity index (χ0n) is 10.9. The number of rotatable bonds is 2. The summed E-state index contributed by atoms with van der Waals surface area (Å²) >= 11 is 6.15. The van der Waals surface area contributed by atoms with Gasteiger partial charge in [-0.15, -0.1) is 0 Å². The first kappa shape index (κ1) is 12.3. The smallest absolute Gasteiger partial charge is 0.0455 e. The van der Waals surface area contributed by atoms with E-state index < -0.39 is 0 Å². The predicted octanol–water partition coefficient (Wildman–Crippen LogP) is 3.59. The zero-order chi connectivity index (χ0) is 12.6. The summed E-state index contributed by atoms with van der Waals surface area (Å²) in [6, 6.07) is 6.91. The lowest BCUT2D eigenvalue weighted by atomic mass is 9.60. The van der Waals surface area contributed by atoms with E-state index in [0.29, 0.717) is 11.5 Å². The van der Waals surface area contributed by atoms with Crippen LogP contribution in [0.2, 0.25) is 5.02 Å². The Morgan fingerprint density at radius 3 is 2.67 bits per heavy atom. The monoisotopic (exact) mass is 264 g/mol. The third kappa shape index (κ3) is 2.36. The van der Waals surface area contributed by atoms with Crippen molar-refractivity contribution in [1.82, 2.24) is 5.32 Å². The molecule has 1 aliphatic heterocycles. The van der Waals surface area contributed by atoms with Gasteiger partial charge in [-0.05, 0) is 68.8 Å². The predicted molar refractivity (Wildman–Crippen MR) is 77.4 cm³/mol. The van der Waals surface area contributed by atoms with Crippen molar-refractivity contribution in [3.05, 3.63) is 28.8 Å². The summed E-state index contributed by atoms with van der Waals surface area (Å²) in [5, 5.41) is 7.92. The largest absolute Gasteiger partial charge is 0.382 e. The first-order chi connectivity index (χ1) is 8.67. The van der Waals surface area contributed by atoms with Crippen LogP contribution in [0.3, 0.4) is 0 Å². The molecule has 0 radical (unpaired) electrons. The van der Waals surface area contributed by atoms with Gasteiger partial charge in [-0.2, -0.15) is 0 Å². The SMILES string of the molecule is Cc1ccc(NC2CC3(CCNCC3)C2)cc1Cl. The normalized spacial score (nSPS) is 22.8. The zero-order valence-corrected chi connectivity index (χ0v) is 11.7. The van der Waals surface area contributed by atoms with E-state index in [1.54, 1.807) is 0 Å². The molecule has 1 aromatic rings. The minimum Gasteiger partial charge on any atom is -0.382 e. The molecule has 18 heavy (non-hydrogen) atoms. The summed E-state index contributed by atoms with van der Waals surface area (Å²) in [5.74, 6) is 0. The van der Waals surface area contributed by atoms with Gasteiger partial charge in [0.15, 0.2) is 0 Å². The number of benzene rings is 1. The van der Waals surface area contributed by atoms with E-state index in [2.05, 4.69) is 22.8 Å². The molecule has 1 saturated heterocycles. The van der Waals surface area contributed by atoms with Crippen molar-refractivity contribution in [3.8, 4) is 0 Å². The number of piperidine rings is 1. The summed E-state index contributed by atoms with van der Waals surface area (Å²) in [6.07, 6.45) is 5.33. The molecule has 2 N–H and O–H groups in total. The molecule has 3 heteroatoms. The van der Waals surface area contributed by atoms with E-state index in [1.165, 1.54) is 44.5 Å². The first-order valence-electron chi connectivity index (χ1n) is 6.90. The second kappa shape index (κ2) is 4.75. The molecule has 0 bridgehead atoms. The summed E-state index contributed by atoms with van der Waals surface area (Å²) in [7, 11) is 0. The molecule has 1 saturated carbocycles. The van der Waals surface area contributed by atoms with Crippen LogP contribution in [0.1, 0.15) is 31.2 Å². The highest BCUT2D eigenvalue weighted by molar-refractivity contribution is 6.31. The van der Waals surface area contributed by atoms with Crippen molar-refractivity contribution in [3.63, 3.8) is 0 Å². The van der Waals surface area contributed by atoms with Crippen LogP contribution < -0.4 is 10.6 Å². The average molecular weight is 265 g/mol. The van der Waals surface area contributed by atoms with Crippen molar-refractivity contribution in [2.45, 2.75) is 38.6 Å². The van der Waals surface area contributed by atoms with Gasteiger partial charge in [0.1, 0.15) is 0 Å². The molecule has 0 aromatic heterocycles. The van der Waals surface area contributed by atoms with Crippen LogP contribution in [0.25, 0.3) is 0 Å². The maximum Gasteiger partial charge on any atom is 0.0455 e. The first-order valence-corrected chi connectivity index (χ1v) is 7.28. The highest BCUT2D eigenvalue weighted by atomic mass is 35.5. The summed E-state index contributed by atoms with van der Waals surface area (Å²) in [6.45, 7) is 4.44. The van der Waals surface area contributed by atoms with E-state index >= 15 is 0 Å². The van der Waals surface area contributed by atoms with E-state index in [-0.39, 0.29) is 0 Å². The lowest BCUT2D eigenvalue weighted by molar-refractivity contribution is 0.0719. The maximum atomic E-state index is 6.15. The van der Waals surface area contributed by atoms with Crippen LogP contribution in [-0.2, 0) is 0 Å². The number of hydrogen-bond donors (Lipinski definition) is 2. The molecule has 1 aliphatic carbocycles. The van der Waals surface area contributed by atoms with E-state index in [9.17, 15) is 0 Å². The van der Waals surface area contributed by atoms with Gasteiger partial charge in [0.05, 0.1) is 0 Å². The molecule has 1 heterocycles. The highest BCUT2D eigenvalue weighted by Crippen LogP contribution is 2.48. The van der Waals surface area contributed by atoms with Gasteiger partial charge in [-0.1, -0.05) is 17.7 Å². The van der Waals surface area contributed by atoms with Crippen LogP contribution in [-0.4, -0.2) is 19.1 Å². The maximum absolute atomic E-state index is 6.15. The quantitative estimate of drug-likeness (QED) is 0.853. The Bertz CT molecular complexity index is 430. The molecule has 2 aliphatic rings. The van der Waals surface area contributed by atoms with Gasteiger partial charge in [0, 0.05) is 16.8 Å². The lowest BCUT2D eigenvalue weighted by Gasteiger charge is -2.50. The van der Waals surface area contributed by atoms with E-state index in [0.717, 1.165) is 10.6 Å². The summed E-state index contributed by atoms with van der Waals surface area (Å²) < 4.78 is 0. The third-order valence-corrected chi connectivity index (χ3v) is 4.97. The Hall–Kier alpha value is -0.730. The van der Waals surface area contributed by atoms with Crippen LogP contribution in [0.5, 0.6) is 0 Å². The van der Waals surface area contributed by atoms with Gasteiger partial charge in [0.2, 0.25) is 0 Å². The third-order valence-electron chi connectivity index (χ3n) is 4.57. The van der Waals surface area contributed by atoms with E-state index in [1.807, 2.05) is 13.0 Å². The Labute approximate surface area is 114 Å². The molecule has 1 aromatic carbocycles. The molecule has 0 unspecified atom stereocenters. The number of anilines is 1. The number of halogens is 1. The Kier molecular flexibility index (Phi) is 3.25. The fraction of sp³-hybridized carbons (Fsp3) is 0.600. The topological polar surface area (TPSA) is 24.1 Å². The van der Waals surface area contributed by atoms with Gasteiger partial charge in [-0.3, -0.25) is 0 Å². The molecule has 3 rings (SSSR count). The molecular weight excluding hydrogens is 244 g/mol. The Balaban J connectivity index is 1.57. The van der Waals surface area contributed by atoms with Gasteiger partial charge >= 0.3 is 0 Å². The van der Waals surface area contributed by atoms with Crippen molar-refractivity contribution in [2.75, 3.05) is 18.4 Å². The molecule has 98 valence electrons. The lowest BCUT2D eigenvalue weighted by Crippen LogP contribution is -2.50. The highest BCUT2D eigenvalue weighted by Gasteiger charge is 2.44. The van der Waals surface area contributed by atoms with Crippen molar-refractivity contribution >= 4 is 17.3 Å². The van der Waals surface area contributed by atoms with Gasteiger partial charge < -0.3 is 10.6 Å².